The van der Waals surface area contributed by atoms with Gasteiger partial charge in [0.15, 0.2) is 0 Å². The number of ether oxygens (including phenoxy) is 1. The van der Waals surface area contributed by atoms with Gasteiger partial charge in [-0.1, -0.05) is 24.6 Å². The molecule has 28 heavy (non-hydrogen) atoms. The van der Waals surface area contributed by atoms with Crippen LogP contribution in [-0.4, -0.2) is 41.4 Å². The van der Waals surface area contributed by atoms with Crippen molar-refractivity contribution in [2.24, 2.45) is 5.92 Å². The van der Waals surface area contributed by atoms with Gasteiger partial charge < -0.3 is 15.0 Å². The number of nitrogens with zero attached hydrogens (tertiary/aromatic N) is 1. The second-order valence-corrected chi connectivity index (χ2v) is 9.10. The van der Waals surface area contributed by atoms with Gasteiger partial charge in [0.25, 0.3) is 0 Å². The van der Waals surface area contributed by atoms with Crippen LogP contribution < -0.4 is 10.1 Å². The minimum Gasteiger partial charge on any atom is -0.487 e. The van der Waals surface area contributed by atoms with E-state index in [9.17, 15) is 9.59 Å². The molecule has 1 spiro atoms. The first kappa shape index (κ1) is 19.3. The second kappa shape index (κ2) is 7.76. The number of fused-ring (bicyclic) bond motifs is 1. The van der Waals surface area contributed by atoms with Gasteiger partial charge in [0.2, 0.25) is 11.8 Å². The molecule has 1 aromatic carbocycles. The van der Waals surface area contributed by atoms with Crippen LogP contribution in [0.3, 0.4) is 0 Å². The van der Waals surface area contributed by atoms with Crippen LogP contribution in [0.25, 0.3) is 0 Å². The predicted molar refractivity (Wildman–Crippen MR) is 108 cm³/mol. The first-order valence-corrected chi connectivity index (χ1v) is 10.8. The molecular formula is C23H32N2O3. The summed E-state index contributed by atoms with van der Waals surface area (Å²) in [5.41, 5.74) is 0.882. The molecular weight excluding hydrogens is 352 g/mol. The molecule has 2 heterocycles. The van der Waals surface area contributed by atoms with Crippen molar-refractivity contribution in [3.8, 4) is 5.75 Å². The maximum Gasteiger partial charge on any atom is 0.225 e. The molecule has 0 radical (unpaired) electrons. The highest BCUT2D eigenvalue weighted by Gasteiger charge is 2.45. The van der Waals surface area contributed by atoms with Crippen LogP contribution >= 0.6 is 0 Å². The third-order valence-electron chi connectivity index (χ3n) is 6.63. The summed E-state index contributed by atoms with van der Waals surface area (Å²) in [6.45, 7) is 5.52. The number of piperidine rings is 1. The Bertz CT molecular complexity index is 733. The van der Waals surface area contributed by atoms with Crippen LogP contribution in [-0.2, 0) is 9.59 Å². The second-order valence-electron chi connectivity index (χ2n) is 9.10. The molecule has 0 unspecified atom stereocenters. The van der Waals surface area contributed by atoms with Crippen LogP contribution in [0.2, 0.25) is 0 Å². The van der Waals surface area contributed by atoms with Gasteiger partial charge in [0, 0.05) is 50.2 Å². The number of benzene rings is 1. The fourth-order valence-corrected chi connectivity index (χ4v) is 4.89. The Morgan fingerprint density at radius 2 is 1.93 bits per heavy atom. The first-order chi connectivity index (χ1) is 13.5. The first-order valence-electron chi connectivity index (χ1n) is 10.8. The Morgan fingerprint density at radius 3 is 2.57 bits per heavy atom. The molecule has 0 aromatic heterocycles. The zero-order valence-corrected chi connectivity index (χ0v) is 17.1. The predicted octanol–water partition coefficient (Wildman–Crippen LogP) is 3.63. The van der Waals surface area contributed by atoms with Crippen molar-refractivity contribution in [1.29, 1.82) is 0 Å². The number of carbonyl (C=O) groups is 2. The number of rotatable bonds is 4. The van der Waals surface area contributed by atoms with Gasteiger partial charge in [0.1, 0.15) is 11.4 Å². The van der Waals surface area contributed by atoms with Gasteiger partial charge >= 0.3 is 0 Å². The fraction of sp³-hybridized carbons (Fsp3) is 0.652. The molecule has 1 saturated carbocycles. The molecule has 152 valence electrons. The summed E-state index contributed by atoms with van der Waals surface area (Å²) >= 11 is 0. The van der Waals surface area contributed by atoms with E-state index in [1.165, 1.54) is 6.42 Å². The van der Waals surface area contributed by atoms with Crippen LogP contribution in [0.15, 0.2) is 24.3 Å². The number of hydrogen-bond donors (Lipinski definition) is 1. The van der Waals surface area contributed by atoms with E-state index >= 15 is 0 Å². The van der Waals surface area contributed by atoms with Crippen molar-refractivity contribution in [3.63, 3.8) is 0 Å². The van der Waals surface area contributed by atoms with Crippen molar-refractivity contribution >= 4 is 11.8 Å². The molecule has 1 saturated heterocycles. The Balaban J connectivity index is 1.47. The van der Waals surface area contributed by atoms with E-state index in [2.05, 4.69) is 11.4 Å². The maximum atomic E-state index is 12.6. The Morgan fingerprint density at radius 1 is 1.21 bits per heavy atom. The van der Waals surface area contributed by atoms with Crippen LogP contribution in [0.5, 0.6) is 5.75 Å². The van der Waals surface area contributed by atoms with Crippen LogP contribution in [0, 0.1) is 5.92 Å². The van der Waals surface area contributed by atoms with Gasteiger partial charge in [-0.25, -0.2) is 0 Å². The molecule has 5 nitrogen and oxygen atoms in total. The van der Waals surface area contributed by atoms with Crippen molar-refractivity contribution in [2.75, 3.05) is 13.1 Å². The summed E-state index contributed by atoms with van der Waals surface area (Å²) < 4.78 is 6.51. The number of amides is 2. The summed E-state index contributed by atoms with van der Waals surface area (Å²) in [4.78, 5) is 27.1. The van der Waals surface area contributed by atoms with Gasteiger partial charge in [-0.05, 0) is 44.7 Å². The number of likely N-dealkylation sites (tertiary alicyclic amines) is 1. The lowest BCUT2D eigenvalue weighted by Gasteiger charge is -2.47. The summed E-state index contributed by atoms with van der Waals surface area (Å²) in [6, 6.07) is 8.28. The minimum atomic E-state index is -0.256. The van der Waals surface area contributed by atoms with Gasteiger partial charge in [-0.2, -0.15) is 0 Å². The zero-order valence-electron chi connectivity index (χ0n) is 17.1. The SMILES string of the molecule is CC(C)NC(=O)C[C@H]1CC2(CCN(C(=O)C3CCC3)CC2)Oc2ccccc21. The fourth-order valence-electron chi connectivity index (χ4n) is 4.89. The lowest BCUT2D eigenvalue weighted by molar-refractivity contribution is -0.142. The number of nitrogens with one attached hydrogen (secondary N) is 1. The summed E-state index contributed by atoms with van der Waals surface area (Å²) in [6.07, 6.45) is 6.33. The third kappa shape index (κ3) is 3.89. The Labute approximate surface area is 167 Å². The van der Waals surface area contributed by atoms with Gasteiger partial charge in [-0.15, -0.1) is 0 Å². The number of para-hydroxylation sites is 1. The number of carbonyl (C=O) groups excluding carboxylic acids is 2. The molecule has 4 rings (SSSR count). The average molecular weight is 385 g/mol. The molecule has 2 fully saturated rings. The van der Waals surface area contributed by atoms with E-state index < -0.39 is 0 Å². The molecule has 1 aliphatic carbocycles. The lowest BCUT2D eigenvalue weighted by atomic mass is 9.75. The summed E-state index contributed by atoms with van der Waals surface area (Å²) in [5.74, 6) is 1.77. The highest BCUT2D eigenvalue weighted by Crippen LogP contribution is 2.46. The smallest absolute Gasteiger partial charge is 0.225 e. The standard InChI is InChI=1S/C23H32N2O3/c1-16(2)24-21(26)14-18-15-23(28-20-9-4-3-8-19(18)20)10-12-25(13-11-23)22(27)17-6-5-7-17/h3-4,8-9,16-18H,5-7,10-15H2,1-2H3,(H,24,26)/t18-/m0/s1. The summed E-state index contributed by atoms with van der Waals surface area (Å²) in [7, 11) is 0. The largest absolute Gasteiger partial charge is 0.487 e. The zero-order chi connectivity index (χ0) is 19.7. The van der Waals surface area contributed by atoms with E-state index in [4.69, 9.17) is 4.74 Å². The summed E-state index contributed by atoms with van der Waals surface area (Å²) in [5, 5.41) is 3.03. The Kier molecular flexibility index (Phi) is 5.35. The minimum absolute atomic E-state index is 0.101. The molecule has 1 N–H and O–H groups in total. The molecule has 0 bridgehead atoms. The van der Waals surface area contributed by atoms with Crippen LogP contribution in [0.4, 0.5) is 0 Å². The number of hydrogen-bond acceptors (Lipinski definition) is 3. The highest BCUT2D eigenvalue weighted by atomic mass is 16.5. The Hall–Kier alpha value is -2.04. The third-order valence-corrected chi connectivity index (χ3v) is 6.63. The van der Waals surface area contributed by atoms with Crippen LogP contribution in [0.1, 0.15) is 70.3 Å². The van der Waals surface area contributed by atoms with E-state index in [1.54, 1.807) is 0 Å². The van der Waals surface area contributed by atoms with Crippen molar-refractivity contribution in [1.82, 2.24) is 10.2 Å². The van der Waals surface area contributed by atoms with Crippen molar-refractivity contribution < 1.29 is 14.3 Å². The average Bonchev–Trinajstić information content (AvgIpc) is 2.60. The van der Waals surface area contributed by atoms with E-state index in [0.717, 1.165) is 56.5 Å². The lowest BCUT2D eigenvalue weighted by Crippen LogP contribution is -2.53. The topological polar surface area (TPSA) is 58.6 Å². The molecule has 1 aromatic rings. The molecule has 3 aliphatic rings. The normalized spacial score (nSPS) is 23.7. The maximum absolute atomic E-state index is 12.6. The highest BCUT2D eigenvalue weighted by molar-refractivity contribution is 5.79. The van der Waals surface area contributed by atoms with Crippen molar-refractivity contribution in [3.05, 3.63) is 29.8 Å². The van der Waals surface area contributed by atoms with Gasteiger partial charge in [0.05, 0.1) is 0 Å². The van der Waals surface area contributed by atoms with E-state index in [0.29, 0.717) is 12.3 Å². The molecule has 5 heteroatoms. The molecule has 2 aliphatic heterocycles. The van der Waals surface area contributed by atoms with E-state index in [1.807, 2.05) is 36.9 Å². The molecule has 1 atom stereocenters. The van der Waals surface area contributed by atoms with E-state index in [-0.39, 0.29) is 29.4 Å². The molecule has 2 amide bonds. The van der Waals surface area contributed by atoms with Crippen molar-refractivity contribution in [2.45, 2.75) is 76.4 Å². The quantitative estimate of drug-likeness (QED) is 0.862. The monoisotopic (exact) mass is 384 g/mol. The van der Waals surface area contributed by atoms with Gasteiger partial charge in [-0.3, -0.25) is 9.59 Å².